The van der Waals surface area contributed by atoms with Crippen LogP contribution in [-0.4, -0.2) is 24.0 Å². The number of piperidine rings is 1. The van der Waals surface area contributed by atoms with E-state index in [1.54, 1.807) is 6.08 Å². The third kappa shape index (κ3) is 4.04. The average Bonchev–Trinajstić information content (AvgIpc) is 2.39. The summed E-state index contributed by atoms with van der Waals surface area (Å²) in [4.78, 5) is 11.6. The van der Waals surface area contributed by atoms with Crippen LogP contribution in [-0.2, 0) is 4.79 Å². The zero-order valence-corrected chi connectivity index (χ0v) is 9.93. The summed E-state index contributed by atoms with van der Waals surface area (Å²) in [5.74, 6) is -0.0456. The van der Waals surface area contributed by atoms with E-state index in [0.717, 1.165) is 18.7 Å². The fourth-order valence-corrected chi connectivity index (χ4v) is 1.93. The molecule has 0 radical (unpaired) electrons. The van der Waals surface area contributed by atoms with E-state index in [0.29, 0.717) is 0 Å². The van der Waals surface area contributed by atoms with Gasteiger partial charge in [-0.25, -0.2) is 5.01 Å². The molecule has 3 heteroatoms. The quantitative estimate of drug-likeness (QED) is 0.807. The van der Waals surface area contributed by atoms with Gasteiger partial charge in [-0.2, -0.15) is 0 Å². The van der Waals surface area contributed by atoms with Crippen LogP contribution in [0.3, 0.4) is 0 Å². The molecular formula is C14H18N2O. The molecule has 1 fully saturated rings. The lowest BCUT2D eigenvalue weighted by molar-refractivity contribution is -0.121. The first-order valence-corrected chi connectivity index (χ1v) is 6.13. The van der Waals surface area contributed by atoms with Crippen LogP contribution in [0.25, 0.3) is 6.08 Å². The van der Waals surface area contributed by atoms with Gasteiger partial charge < -0.3 is 0 Å². The number of amides is 1. The number of carbonyl (C=O) groups is 1. The molecule has 1 amide bonds. The minimum Gasteiger partial charge on any atom is -0.285 e. The molecule has 0 aliphatic carbocycles. The van der Waals surface area contributed by atoms with Gasteiger partial charge in [-0.1, -0.05) is 36.8 Å². The van der Waals surface area contributed by atoms with E-state index in [9.17, 15) is 4.79 Å². The summed E-state index contributed by atoms with van der Waals surface area (Å²) in [6.07, 6.45) is 7.03. The van der Waals surface area contributed by atoms with E-state index in [1.807, 2.05) is 41.4 Å². The van der Waals surface area contributed by atoms with Gasteiger partial charge in [-0.15, -0.1) is 0 Å². The molecule has 1 N–H and O–H groups in total. The first-order valence-electron chi connectivity index (χ1n) is 6.13. The Morgan fingerprint density at radius 1 is 1.12 bits per heavy atom. The maximum absolute atomic E-state index is 11.6. The molecule has 0 aromatic heterocycles. The van der Waals surface area contributed by atoms with E-state index in [-0.39, 0.29) is 5.91 Å². The van der Waals surface area contributed by atoms with Crippen LogP contribution in [0.1, 0.15) is 24.8 Å². The number of carbonyl (C=O) groups excluding carboxylic acids is 1. The molecular weight excluding hydrogens is 212 g/mol. The van der Waals surface area contributed by atoms with Gasteiger partial charge in [0.2, 0.25) is 0 Å². The van der Waals surface area contributed by atoms with Gasteiger partial charge in [0.15, 0.2) is 0 Å². The Labute approximate surface area is 102 Å². The Morgan fingerprint density at radius 3 is 2.53 bits per heavy atom. The number of nitrogens with zero attached hydrogens (tertiary/aromatic N) is 1. The third-order valence-corrected chi connectivity index (χ3v) is 2.85. The van der Waals surface area contributed by atoms with Crippen molar-refractivity contribution in [3.63, 3.8) is 0 Å². The number of nitrogens with one attached hydrogen (secondary N) is 1. The van der Waals surface area contributed by atoms with Crippen molar-refractivity contribution >= 4 is 12.0 Å². The van der Waals surface area contributed by atoms with Crippen LogP contribution < -0.4 is 5.43 Å². The van der Waals surface area contributed by atoms with Crippen molar-refractivity contribution in [3.05, 3.63) is 42.0 Å². The van der Waals surface area contributed by atoms with Crippen molar-refractivity contribution in [2.45, 2.75) is 19.3 Å². The molecule has 0 atom stereocenters. The predicted octanol–water partition coefficient (Wildman–Crippen LogP) is 2.22. The maximum atomic E-state index is 11.6. The van der Waals surface area contributed by atoms with Gasteiger partial charge >= 0.3 is 0 Å². The molecule has 1 aliphatic rings. The second-order valence-corrected chi connectivity index (χ2v) is 4.27. The summed E-state index contributed by atoms with van der Waals surface area (Å²) < 4.78 is 0. The van der Waals surface area contributed by atoms with Gasteiger partial charge in [0.25, 0.3) is 5.91 Å². The monoisotopic (exact) mass is 230 g/mol. The van der Waals surface area contributed by atoms with Crippen molar-refractivity contribution in [3.8, 4) is 0 Å². The van der Waals surface area contributed by atoms with Crippen molar-refractivity contribution < 1.29 is 4.79 Å². The van der Waals surface area contributed by atoms with Gasteiger partial charge in [0, 0.05) is 19.2 Å². The van der Waals surface area contributed by atoms with Crippen molar-refractivity contribution in [2.24, 2.45) is 0 Å². The fraction of sp³-hybridized carbons (Fsp3) is 0.357. The lowest BCUT2D eigenvalue weighted by Crippen LogP contribution is -2.44. The van der Waals surface area contributed by atoms with E-state index < -0.39 is 0 Å². The van der Waals surface area contributed by atoms with E-state index in [1.165, 1.54) is 19.3 Å². The average molecular weight is 230 g/mol. The Hall–Kier alpha value is -1.61. The van der Waals surface area contributed by atoms with E-state index in [4.69, 9.17) is 0 Å². The van der Waals surface area contributed by atoms with Crippen LogP contribution in [0.5, 0.6) is 0 Å². The molecule has 1 heterocycles. The summed E-state index contributed by atoms with van der Waals surface area (Å²) in [5, 5.41) is 2.00. The minimum absolute atomic E-state index is 0.0456. The van der Waals surface area contributed by atoms with Crippen LogP contribution in [0.15, 0.2) is 36.4 Å². The molecule has 1 aromatic carbocycles. The topological polar surface area (TPSA) is 32.3 Å². The minimum atomic E-state index is -0.0456. The molecule has 17 heavy (non-hydrogen) atoms. The van der Waals surface area contributed by atoms with Crippen LogP contribution >= 0.6 is 0 Å². The maximum Gasteiger partial charge on any atom is 0.258 e. The normalized spacial score (nSPS) is 17.2. The van der Waals surface area contributed by atoms with E-state index >= 15 is 0 Å². The Morgan fingerprint density at radius 2 is 1.82 bits per heavy atom. The fourth-order valence-electron chi connectivity index (χ4n) is 1.93. The van der Waals surface area contributed by atoms with Gasteiger partial charge in [-0.05, 0) is 24.5 Å². The third-order valence-electron chi connectivity index (χ3n) is 2.85. The summed E-state index contributed by atoms with van der Waals surface area (Å²) in [6, 6.07) is 9.84. The molecule has 3 nitrogen and oxygen atoms in total. The summed E-state index contributed by atoms with van der Waals surface area (Å²) in [7, 11) is 0. The summed E-state index contributed by atoms with van der Waals surface area (Å²) >= 11 is 0. The van der Waals surface area contributed by atoms with E-state index in [2.05, 4.69) is 5.43 Å². The molecule has 0 bridgehead atoms. The Balaban J connectivity index is 1.82. The smallest absolute Gasteiger partial charge is 0.258 e. The lowest BCUT2D eigenvalue weighted by atomic mass is 10.2. The lowest BCUT2D eigenvalue weighted by Gasteiger charge is -2.26. The molecule has 2 rings (SSSR count). The van der Waals surface area contributed by atoms with Crippen LogP contribution in [0.4, 0.5) is 0 Å². The van der Waals surface area contributed by atoms with Gasteiger partial charge in [-0.3, -0.25) is 10.2 Å². The number of hydrogen-bond acceptors (Lipinski definition) is 2. The second kappa shape index (κ2) is 6.21. The SMILES string of the molecule is O=C(C=Cc1ccccc1)NN1CCCCC1. The number of hydrazine groups is 1. The molecule has 1 aliphatic heterocycles. The summed E-state index contributed by atoms with van der Waals surface area (Å²) in [6.45, 7) is 1.93. The Kier molecular flexibility index (Phi) is 4.33. The number of hydrogen-bond donors (Lipinski definition) is 1. The number of rotatable bonds is 3. The molecule has 0 unspecified atom stereocenters. The second-order valence-electron chi connectivity index (χ2n) is 4.27. The van der Waals surface area contributed by atoms with Crippen LogP contribution in [0, 0.1) is 0 Å². The highest BCUT2D eigenvalue weighted by molar-refractivity contribution is 5.91. The molecule has 1 saturated heterocycles. The van der Waals surface area contributed by atoms with Crippen molar-refractivity contribution in [1.29, 1.82) is 0 Å². The van der Waals surface area contributed by atoms with Crippen LogP contribution in [0.2, 0.25) is 0 Å². The first kappa shape index (κ1) is 11.9. The molecule has 1 aromatic rings. The van der Waals surface area contributed by atoms with Crippen molar-refractivity contribution in [1.82, 2.24) is 10.4 Å². The highest BCUT2D eigenvalue weighted by Crippen LogP contribution is 2.06. The standard InChI is InChI=1S/C14H18N2O/c17-14(15-16-11-5-2-6-12-16)10-9-13-7-3-1-4-8-13/h1,3-4,7-10H,2,5-6,11-12H2,(H,15,17). The Bertz CT molecular complexity index is 380. The summed E-state index contributed by atoms with van der Waals surface area (Å²) in [5.41, 5.74) is 3.94. The zero-order valence-electron chi connectivity index (χ0n) is 9.93. The number of benzene rings is 1. The van der Waals surface area contributed by atoms with Crippen molar-refractivity contribution in [2.75, 3.05) is 13.1 Å². The highest BCUT2D eigenvalue weighted by Gasteiger charge is 2.10. The molecule has 0 spiro atoms. The highest BCUT2D eigenvalue weighted by atomic mass is 16.2. The van der Waals surface area contributed by atoms with Gasteiger partial charge in [0.05, 0.1) is 0 Å². The predicted molar refractivity (Wildman–Crippen MR) is 69.0 cm³/mol. The molecule has 0 saturated carbocycles. The molecule has 90 valence electrons. The zero-order chi connectivity index (χ0) is 11.9. The van der Waals surface area contributed by atoms with Gasteiger partial charge in [0.1, 0.15) is 0 Å². The first-order chi connectivity index (χ1) is 8.34. The largest absolute Gasteiger partial charge is 0.285 e.